The Morgan fingerprint density at radius 1 is 0.895 bits per heavy atom. The number of likely N-dealkylation sites (tertiary alicyclic amines) is 1. The number of nitrogens with zero attached hydrogens (tertiary/aromatic N) is 9. The second-order valence-electron chi connectivity index (χ2n) is 22.8. The van der Waals surface area contributed by atoms with Crippen molar-refractivity contribution in [2.75, 3.05) is 129 Å². The number of likely N-dealkylation sites (N-methyl/N-ethyl adjacent to an activating group) is 1. The summed E-state index contributed by atoms with van der Waals surface area (Å²) in [6.07, 6.45) is 4.33. The third kappa shape index (κ3) is 17.0. The molecule has 5 heterocycles. The summed E-state index contributed by atoms with van der Waals surface area (Å²) in [4.78, 5) is 44.5. The van der Waals surface area contributed by atoms with E-state index in [9.17, 15) is 19.2 Å². The van der Waals surface area contributed by atoms with E-state index in [1.165, 1.54) is 9.91 Å². The standard InChI is InChI=1S/C63H80ClF2N11O8S/c1-62(2,3)85-60(78)69-26-11-24-63(46-15-6-5-7-16-46)77(72-58(86-63)51-41-47(65)20-21-53(51)66)61(79)73(4)32-34-81-36-38-83-40-39-82-37-35-80-33-12-29-74-28-10-17-49(74)44-84-59-70-54-43-75(55-19-9-14-45-13-8-18-52(64)56(45)55)30-23-50(54)57(71-59)76-31-27-68-48(42-76)22-25-67/h5-9,13-16,18-21,41,48-49,68H,10-12,17,22-24,26-40,42-44H2,1-4H3,(H,69,78)/t48-,49-,63-/m0/s1. The van der Waals surface area contributed by atoms with Gasteiger partial charge in [0, 0.05) is 93.8 Å². The fourth-order valence-corrected chi connectivity index (χ4v) is 12.9. The normalized spacial score (nSPS) is 18.9. The number of thioether (sulfide) groups is 1. The van der Waals surface area contributed by atoms with Crippen LogP contribution in [0.4, 0.5) is 29.9 Å². The number of aromatic nitrogens is 2. The number of hydrogen-bond acceptors (Lipinski definition) is 17. The van der Waals surface area contributed by atoms with Crippen LogP contribution in [0.5, 0.6) is 6.01 Å². The summed E-state index contributed by atoms with van der Waals surface area (Å²) in [7, 11) is 1.63. The van der Waals surface area contributed by atoms with Crippen LogP contribution in [0.3, 0.4) is 0 Å². The van der Waals surface area contributed by atoms with Crippen LogP contribution in [-0.4, -0.2) is 178 Å². The SMILES string of the molecule is CN(CCOCCOCCOCCOCCCN1CCC[C@H]1COc1nc2c(c(N3CCN[C@@H](CC#N)C3)n1)CCN(c1cccc3cccc(Cl)c13)C2)C(=O)N1N=C(c2cc(F)ccc2F)S[C@@]1(CCCNC(=O)OC(C)(C)C)c1ccccc1. The van der Waals surface area contributed by atoms with Crippen molar-refractivity contribution in [1.29, 1.82) is 5.26 Å². The molecule has 2 fully saturated rings. The number of piperazine rings is 1. The zero-order valence-electron chi connectivity index (χ0n) is 49.7. The van der Waals surface area contributed by atoms with Crippen molar-refractivity contribution in [3.63, 3.8) is 0 Å². The van der Waals surface area contributed by atoms with Crippen LogP contribution in [0.2, 0.25) is 5.02 Å². The Hall–Kier alpha value is -6.42. The number of halogens is 3. The minimum Gasteiger partial charge on any atom is -0.462 e. The van der Waals surface area contributed by atoms with Crippen LogP contribution in [0.25, 0.3) is 10.8 Å². The number of hydrogen-bond donors (Lipinski definition) is 2. The lowest BCUT2D eigenvalue weighted by Gasteiger charge is -2.37. The highest BCUT2D eigenvalue weighted by molar-refractivity contribution is 8.15. The van der Waals surface area contributed by atoms with Crippen LogP contribution in [0, 0.1) is 23.0 Å². The predicted octanol–water partition coefficient (Wildman–Crippen LogP) is 9.74. The molecule has 0 saturated carbocycles. The van der Waals surface area contributed by atoms with Gasteiger partial charge in [-0.05, 0) is 107 Å². The van der Waals surface area contributed by atoms with E-state index in [-0.39, 0.29) is 42.4 Å². The number of hydrazone groups is 1. The second-order valence-corrected chi connectivity index (χ2v) is 24.5. The predicted molar refractivity (Wildman–Crippen MR) is 330 cm³/mol. The number of nitriles is 1. The Morgan fingerprint density at radius 2 is 1.64 bits per heavy atom. The van der Waals surface area contributed by atoms with Gasteiger partial charge >= 0.3 is 18.1 Å². The van der Waals surface area contributed by atoms with Gasteiger partial charge < -0.3 is 53.8 Å². The zero-order valence-corrected chi connectivity index (χ0v) is 51.3. The zero-order chi connectivity index (χ0) is 60.5. The number of benzene rings is 4. The third-order valence-electron chi connectivity index (χ3n) is 15.5. The maximum absolute atomic E-state index is 15.3. The summed E-state index contributed by atoms with van der Waals surface area (Å²) >= 11 is 7.96. The lowest BCUT2D eigenvalue weighted by atomic mass is 10.0. The fraction of sp³-hybridized carbons (Fsp3) is 0.524. The van der Waals surface area contributed by atoms with Gasteiger partial charge in [0.2, 0.25) is 0 Å². The molecule has 4 aliphatic rings. The summed E-state index contributed by atoms with van der Waals surface area (Å²) in [6, 6.07) is 27.3. The summed E-state index contributed by atoms with van der Waals surface area (Å²) in [5, 5.41) is 24.8. The molecule has 0 radical (unpaired) electrons. The molecule has 19 nitrogen and oxygen atoms in total. The maximum Gasteiger partial charge on any atom is 0.407 e. The fourth-order valence-electron chi connectivity index (χ4n) is 11.2. The van der Waals surface area contributed by atoms with Crippen molar-refractivity contribution in [2.24, 2.45) is 5.10 Å². The van der Waals surface area contributed by atoms with E-state index in [2.05, 4.69) is 60.8 Å². The van der Waals surface area contributed by atoms with Crippen molar-refractivity contribution in [3.05, 3.63) is 124 Å². The summed E-state index contributed by atoms with van der Waals surface area (Å²) < 4.78 is 65.0. The molecule has 462 valence electrons. The molecule has 3 amide bonds. The molecular weight excluding hydrogens is 1140 g/mol. The number of carbonyl (C=O) groups excluding carboxylic acids is 2. The molecular formula is C63H80ClF2N11O8S. The van der Waals surface area contributed by atoms with Crippen molar-refractivity contribution in [2.45, 2.75) is 94.8 Å². The molecule has 1 aromatic heterocycles. The van der Waals surface area contributed by atoms with Crippen LogP contribution in [0.1, 0.15) is 81.7 Å². The quantitative estimate of drug-likeness (QED) is 0.0450. The number of rotatable bonds is 28. The molecule has 0 spiro atoms. The molecule has 2 saturated heterocycles. The van der Waals surface area contributed by atoms with E-state index in [4.69, 9.17) is 50.0 Å². The van der Waals surface area contributed by atoms with Gasteiger partial charge in [0.25, 0.3) is 0 Å². The van der Waals surface area contributed by atoms with Crippen LogP contribution in [0.15, 0.2) is 90.0 Å². The Balaban J connectivity index is 0.671. The average Bonchev–Trinajstić information content (AvgIpc) is 1.74. The Kier molecular flexibility index (Phi) is 23.1. The van der Waals surface area contributed by atoms with Crippen LogP contribution < -0.4 is 25.2 Å². The third-order valence-corrected chi connectivity index (χ3v) is 17.2. The van der Waals surface area contributed by atoms with Crippen molar-refractivity contribution >= 4 is 62.8 Å². The molecule has 5 aromatic rings. The average molecular weight is 1220 g/mol. The smallest absolute Gasteiger partial charge is 0.407 e. The molecule has 0 bridgehead atoms. The van der Waals surface area contributed by atoms with Gasteiger partial charge in [-0.25, -0.2) is 18.4 Å². The number of nitrogens with one attached hydrogen (secondary N) is 2. The van der Waals surface area contributed by atoms with Gasteiger partial charge in [-0.3, -0.25) is 4.90 Å². The lowest BCUT2D eigenvalue weighted by molar-refractivity contribution is -0.00398. The first-order valence-electron chi connectivity index (χ1n) is 29.9. The number of alkyl carbamates (subject to hydrolysis) is 1. The molecule has 2 N–H and O–H groups in total. The summed E-state index contributed by atoms with van der Waals surface area (Å²) in [5.41, 5.74) is 3.16. The monoisotopic (exact) mass is 1220 g/mol. The number of fused-ring (bicyclic) bond motifs is 2. The minimum atomic E-state index is -1.17. The van der Waals surface area contributed by atoms with Crippen LogP contribution >= 0.6 is 23.4 Å². The Bertz CT molecular complexity index is 3140. The summed E-state index contributed by atoms with van der Waals surface area (Å²) in [5.74, 6) is -0.401. The maximum atomic E-state index is 15.3. The molecule has 23 heteroatoms. The van der Waals surface area contributed by atoms with Crippen molar-refractivity contribution in [1.82, 2.24) is 35.4 Å². The topological polar surface area (TPSA) is 192 Å². The van der Waals surface area contributed by atoms with Gasteiger partial charge in [-0.2, -0.15) is 25.3 Å². The number of ether oxygens (including phenoxy) is 6. The highest BCUT2D eigenvalue weighted by Crippen LogP contribution is 2.51. The summed E-state index contributed by atoms with van der Waals surface area (Å²) in [6.45, 7) is 14.9. The first-order valence-corrected chi connectivity index (χ1v) is 31.0. The van der Waals surface area contributed by atoms with E-state index in [0.717, 1.165) is 132 Å². The lowest BCUT2D eigenvalue weighted by Crippen LogP contribution is -2.51. The van der Waals surface area contributed by atoms with Gasteiger partial charge in [0.05, 0.1) is 76.0 Å². The van der Waals surface area contributed by atoms with Crippen molar-refractivity contribution in [3.8, 4) is 12.1 Å². The van der Waals surface area contributed by atoms with E-state index < -0.39 is 34.2 Å². The van der Waals surface area contributed by atoms with E-state index >= 15 is 4.39 Å². The highest BCUT2D eigenvalue weighted by atomic mass is 35.5. The molecule has 3 atom stereocenters. The van der Waals surface area contributed by atoms with Crippen molar-refractivity contribution < 1.29 is 46.8 Å². The largest absolute Gasteiger partial charge is 0.462 e. The molecule has 4 aromatic carbocycles. The number of carbonyl (C=O) groups is 2. The van der Waals surface area contributed by atoms with E-state index in [0.29, 0.717) is 91.2 Å². The van der Waals surface area contributed by atoms with Gasteiger partial charge in [0.1, 0.15) is 39.6 Å². The Morgan fingerprint density at radius 3 is 2.40 bits per heavy atom. The van der Waals surface area contributed by atoms with E-state index in [1.54, 1.807) is 27.8 Å². The number of anilines is 2. The first kappa shape index (κ1) is 64.1. The van der Waals surface area contributed by atoms with Gasteiger partial charge in [-0.15, -0.1) is 0 Å². The number of urea groups is 1. The molecule has 9 rings (SSSR count). The van der Waals surface area contributed by atoms with E-state index in [1.807, 2.05) is 42.5 Å². The van der Waals surface area contributed by atoms with Crippen LogP contribution in [-0.2, 0) is 41.5 Å². The number of amides is 3. The molecule has 0 aliphatic carbocycles. The second kappa shape index (κ2) is 31.0. The molecule has 86 heavy (non-hydrogen) atoms. The first-order chi connectivity index (χ1) is 41.7. The van der Waals surface area contributed by atoms with Gasteiger partial charge in [0.15, 0.2) is 0 Å². The molecule has 0 unspecified atom stereocenters. The minimum absolute atomic E-state index is 0.0602. The Labute approximate surface area is 512 Å². The highest BCUT2D eigenvalue weighted by Gasteiger charge is 2.49. The van der Waals surface area contributed by atoms with Gasteiger partial charge in [-0.1, -0.05) is 78.0 Å². The molecule has 4 aliphatic heterocycles.